The van der Waals surface area contributed by atoms with Crippen LogP contribution in [0.5, 0.6) is 0 Å². The van der Waals surface area contributed by atoms with Gasteiger partial charge >= 0.3 is 64.3 Å². The van der Waals surface area contributed by atoms with Crippen LogP contribution in [-0.4, -0.2) is 21.9 Å². The van der Waals surface area contributed by atoms with E-state index in [0.717, 1.165) is 0 Å². The van der Waals surface area contributed by atoms with Crippen LogP contribution in [0, 0.1) is 0 Å². The molecule has 0 heterocycles. The van der Waals surface area contributed by atoms with E-state index in [1.807, 2.05) is 0 Å². The molecule has 0 aliphatic rings. The summed E-state index contributed by atoms with van der Waals surface area (Å²) in [4.78, 5) is 0. The van der Waals surface area contributed by atoms with E-state index >= 15 is 0 Å². The van der Waals surface area contributed by atoms with Gasteiger partial charge in [-0.2, -0.15) is 0 Å². The van der Waals surface area contributed by atoms with Crippen LogP contribution in [0.15, 0.2) is 0 Å². The molecule has 0 unspecified atom stereocenters. The van der Waals surface area contributed by atoms with Crippen LogP contribution in [-0.2, 0) is 6.81 Å². The first-order valence-electron chi connectivity index (χ1n) is 0.756. The summed E-state index contributed by atoms with van der Waals surface area (Å²) in [5, 5.41) is 0. The van der Waals surface area contributed by atoms with Crippen molar-refractivity contribution in [2.75, 3.05) is 0 Å². The van der Waals surface area contributed by atoms with Crippen LogP contribution < -0.4 is 0 Å². The summed E-state index contributed by atoms with van der Waals surface area (Å²) >= 11 is 0. The molecule has 11 heteroatoms. The molecule has 0 aliphatic carbocycles. The van der Waals surface area contributed by atoms with Crippen molar-refractivity contribution in [3.05, 3.63) is 0 Å². The normalized spacial score (nSPS) is 14.7. The van der Waals surface area contributed by atoms with Crippen molar-refractivity contribution in [3.63, 3.8) is 0 Å². The Bertz CT molecular complexity index is 73.1. The van der Waals surface area contributed by atoms with Crippen molar-refractivity contribution in [3.8, 4) is 0 Å². The van der Waals surface area contributed by atoms with Crippen molar-refractivity contribution < 1.29 is 28.7 Å². The quantitative estimate of drug-likeness (QED) is 0.491. The predicted molar refractivity (Wildman–Crippen MR) is 49.6 cm³/mol. The predicted octanol–water partition coefficient (Wildman–Crippen LogP) is 0.836. The van der Waals surface area contributed by atoms with Crippen LogP contribution in [0.1, 0.15) is 0 Å². The summed E-state index contributed by atoms with van der Waals surface area (Å²) in [6, 6.07) is 0. The summed E-state index contributed by atoms with van der Waals surface area (Å²) in [5.74, 6) is 0. The van der Waals surface area contributed by atoms with Gasteiger partial charge in [0.2, 0.25) is 0 Å². The summed E-state index contributed by atoms with van der Waals surface area (Å²) in [5.41, 5.74) is 0. The van der Waals surface area contributed by atoms with Crippen LogP contribution in [0.4, 0.5) is 0 Å². The zero-order valence-electron chi connectivity index (χ0n) is 4.60. The van der Waals surface area contributed by atoms with Gasteiger partial charge in [0.25, 0.3) is 0 Å². The first kappa shape index (κ1) is 29.2. The molecule has 11 heavy (non-hydrogen) atoms. The number of rotatable bonds is 0. The summed E-state index contributed by atoms with van der Waals surface area (Å²) in [6.07, 6.45) is 0. The number of halogens is 6. The fourth-order valence-corrected chi connectivity index (χ4v) is 0. The first-order valence-corrected chi connectivity index (χ1v) is 18.6. The Kier molecular flexibility index (Phi) is 13.8. The summed E-state index contributed by atoms with van der Waals surface area (Å²) in [6.45, 7) is -5.33. The Morgan fingerprint density at radius 1 is 0.455 bits per heavy atom. The molecule has 0 aromatic heterocycles. The van der Waals surface area contributed by atoms with Crippen molar-refractivity contribution in [2.24, 2.45) is 0 Å². The molecule has 83 valence electrons. The fraction of sp³-hybridized carbons (Fsp3) is 0. The van der Waals surface area contributed by atoms with Gasteiger partial charge in [-0.3, -0.25) is 0 Å². The van der Waals surface area contributed by atoms with Gasteiger partial charge in [-0.1, -0.05) is 0 Å². The average molecular weight is 477 g/mol. The molecule has 0 aromatic rings. The Hall–Kier alpha value is 2.23. The van der Waals surface area contributed by atoms with Gasteiger partial charge in [0.1, 0.15) is 0 Å². The van der Waals surface area contributed by atoms with E-state index in [2.05, 4.69) is 0 Å². The molecule has 0 aliphatic heterocycles. The Labute approximate surface area is 85.4 Å². The molecular formula is H8Cl6IrO4. The van der Waals surface area contributed by atoms with Gasteiger partial charge < -0.3 is 21.9 Å². The number of hydrogen-bond acceptors (Lipinski definition) is 0. The van der Waals surface area contributed by atoms with Gasteiger partial charge in [-0.05, 0) is 0 Å². The fourth-order valence-electron chi connectivity index (χ4n) is 0. The van der Waals surface area contributed by atoms with E-state index < -0.39 is 6.81 Å². The van der Waals surface area contributed by atoms with Gasteiger partial charge in [0.05, 0.1) is 0 Å². The molecule has 0 spiro atoms. The van der Waals surface area contributed by atoms with Gasteiger partial charge in [0.15, 0.2) is 0 Å². The third kappa shape index (κ3) is 257. The zero-order valence-corrected chi connectivity index (χ0v) is 11.5. The topological polar surface area (TPSA) is 126 Å². The third-order valence-corrected chi connectivity index (χ3v) is 0. The van der Waals surface area contributed by atoms with E-state index in [4.69, 9.17) is 57.5 Å². The molecular weight excluding hydrogens is 469 g/mol. The van der Waals surface area contributed by atoms with Crippen molar-refractivity contribution >= 4 is 57.5 Å². The third-order valence-electron chi connectivity index (χ3n) is 0. The summed E-state index contributed by atoms with van der Waals surface area (Å²) in [7, 11) is 30.3. The van der Waals surface area contributed by atoms with E-state index in [1.54, 1.807) is 0 Å². The molecule has 0 bridgehead atoms. The van der Waals surface area contributed by atoms with Gasteiger partial charge in [0, 0.05) is 0 Å². The molecule has 0 saturated carbocycles. The molecule has 0 fully saturated rings. The molecule has 0 atom stereocenters. The molecule has 0 saturated heterocycles. The van der Waals surface area contributed by atoms with Crippen molar-refractivity contribution in [1.82, 2.24) is 0 Å². The summed E-state index contributed by atoms with van der Waals surface area (Å²) < 4.78 is 0. The molecule has 8 N–H and O–H groups in total. The minimum absolute atomic E-state index is 0. The molecule has 4 nitrogen and oxygen atoms in total. The second-order valence-corrected chi connectivity index (χ2v) is 52.6. The van der Waals surface area contributed by atoms with E-state index in [1.165, 1.54) is 0 Å². The SMILES string of the molecule is O.O.O.O.[Cl][Ir]([Cl])([Cl])([Cl])([Cl])[Cl]. The maximum absolute atomic E-state index is 5.33. The van der Waals surface area contributed by atoms with Crippen LogP contribution in [0.2, 0.25) is 0 Å². The van der Waals surface area contributed by atoms with Gasteiger partial charge in [-0.25, -0.2) is 0 Å². The number of hydrogen-bond donors (Lipinski definition) is 0. The minimum atomic E-state index is -5.33. The molecule has 0 aromatic carbocycles. The zero-order chi connectivity index (χ0) is 6.41. The maximum atomic E-state index is 5.06. The van der Waals surface area contributed by atoms with Crippen LogP contribution in [0.3, 0.4) is 0 Å². The van der Waals surface area contributed by atoms with Gasteiger partial charge in [-0.15, -0.1) is 0 Å². The van der Waals surface area contributed by atoms with E-state index in [9.17, 15) is 0 Å². The van der Waals surface area contributed by atoms with Crippen LogP contribution in [0.25, 0.3) is 0 Å². The van der Waals surface area contributed by atoms with E-state index in [-0.39, 0.29) is 21.9 Å². The Morgan fingerprint density at radius 3 is 0.455 bits per heavy atom. The Morgan fingerprint density at radius 2 is 0.455 bits per heavy atom. The van der Waals surface area contributed by atoms with Crippen molar-refractivity contribution in [2.45, 2.75) is 0 Å². The Balaban J connectivity index is -0.0000000300. The molecule has 0 radical (unpaired) electrons. The average Bonchev–Trinajstić information content (AvgIpc) is 0.592. The van der Waals surface area contributed by atoms with Crippen molar-refractivity contribution in [1.29, 1.82) is 0 Å². The van der Waals surface area contributed by atoms with E-state index in [0.29, 0.717) is 0 Å². The molecule has 0 rings (SSSR count). The van der Waals surface area contributed by atoms with Crippen LogP contribution >= 0.6 is 57.5 Å². The monoisotopic (exact) mass is 475 g/mol. The standard InChI is InChI=1S/6ClH.Ir.4H2O/h6*1H;;4*1H2/q;;;;;;+6;;;;/p-6. The molecule has 0 amide bonds. The second-order valence-electron chi connectivity index (χ2n) is 0.714. The second kappa shape index (κ2) is 5.19. The first-order chi connectivity index (χ1) is 2.45.